The van der Waals surface area contributed by atoms with E-state index in [9.17, 15) is 18.0 Å². The SMILES string of the molecule is O=C1CSC(=S)N1N=Cc1ccc(-c2cc(C(F)(F)F)ccc2Cl)o1. The molecule has 25 heavy (non-hydrogen) atoms. The Hall–Kier alpha value is -1.84. The summed E-state index contributed by atoms with van der Waals surface area (Å²) in [6.45, 7) is 0. The summed E-state index contributed by atoms with van der Waals surface area (Å²) in [5, 5.41) is 5.12. The number of hydrogen-bond acceptors (Lipinski definition) is 5. The third kappa shape index (κ3) is 3.88. The third-order valence-electron chi connectivity index (χ3n) is 3.21. The van der Waals surface area contributed by atoms with Crippen molar-refractivity contribution < 1.29 is 22.4 Å². The average molecular weight is 405 g/mol. The molecule has 2 heterocycles. The summed E-state index contributed by atoms with van der Waals surface area (Å²) in [4.78, 5) is 11.6. The Morgan fingerprint density at radius 3 is 2.72 bits per heavy atom. The maximum Gasteiger partial charge on any atom is 0.416 e. The topological polar surface area (TPSA) is 45.8 Å². The first-order chi connectivity index (χ1) is 11.8. The molecule has 130 valence electrons. The zero-order valence-corrected chi connectivity index (χ0v) is 14.6. The van der Waals surface area contributed by atoms with Crippen molar-refractivity contribution in [3.63, 3.8) is 0 Å². The number of rotatable bonds is 3. The Bertz CT molecular complexity index is 864. The monoisotopic (exact) mass is 404 g/mol. The van der Waals surface area contributed by atoms with Gasteiger partial charge < -0.3 is 4.42 Å². The predicted octanol–water partition coefficient (Wildman–Crippen LogP) is 4.81. The van der Waals surface area contributed by atoms with Crippen LogP contribution in [-0.2, 0) is 11.0 Å². The molecule has 1 aliphatic heterocycles. The Balaban J connectivity index is 1.87. The molecular formula is C15H8ClF3N2O2S2. The van der Waals surface area contributed by atoms with E-state index in [4.69, 9.17) is 28.2 Å². The van der Waals surface area contributed by atoms with E-state index in [2.05, 4.69) is 5.10 Å². The lowest BCUT2D eigenvalue weighted by molar-refractivity contribution is -0.137. The molecule has 1 aromatic heterocycles. The van der Waals surface area contributed by atoms with Crippen molar-refractivity contribution >= 4 is 52.0 Å². The van der Waals surface area contributed by atoms with Crippen LogP contribution in [0, 0.1) is 0 Å². The van der Waals surface area contributed by atoms with Gasteiger partial charge in [-0.15, -0.1) is 0 Å². The number of halogens is 4. The summed E-state index contributed by atoms with van der Waals surface area (Å²) >= 11 is 12.2. The third-order valence-corrected chi connectivity index (χ3v) is 4.88. The molecule has 1 fully saturated rings. The van der Waals surface area contributed by atoms with Crippen molar-refractivity contribution in [2.75, 3.05) is 5.75 Å². The molecule has 0 radical (unpaired) electrons. The summed E-state index contributed by atoms with van der Waals surface area (Å²) in [5.41, 5.74) is -0.719. The van der Waals surface area contributed by atoms with Gasteiger partial charge in [-0.2, -0.15) is 23.3 Å². The van der Waals surface area contributed by atoms with Gasteiger partial charge in [-0.3, -0.25) is 4.79 Å². The number of thioether (sulfide) groups is 1. The predicted molar refractivity (Wildman–Crippen MR) is 93.7 cm³/mol. The van der Waals surface area contributed by atoms with Gasteiger partial charge in [0.1, 0.15) is 11.5 Å². The molecule has 4 nitrogen and oxygen atoms in total. The number of furan rings is 1. The normalized spacial score (nSPS) is 15.6. The van der Waals surface area contributed by atoms with E-state index < -0.39 is 11.7 Å². The minimum atomic E-state index is -4.49. The number of nitrogens with zero attached hydrogens (tertiary/aromatic N) is 2. The van der Waals surface area contributed by atoms with Gasteiger partial charge in [-0.25, -0.2) is 0 Å². The smallest absolute Gasteiger partial charge is 0.416 e. The molecule has 1 saturated heterocycles. The number of alkyl halides is 3. The molecular weight excluding hydrogens is 397 g/mol. The first kappa shape index (κ1) is 18.0. The quantitative estimate of drug-likeness (QED) is 0.544. The molecule has 0 unspecified atom stereocenters. The highest BCUT2D eigenvalue weighted by Crippen LogP contribution is 2.36. The minimum Gasteiger partial charge on any atom is -0.455 e. The molecule has 3 rings (SSSR count). The van der Waals surface area contributed by atoms with Gasteiger partial charge in [0.2, 0.25) is 0 Å². The first-order valence-electron chi connectivity index (χ1n) is 6.76. The highest BCUT2D eigenvalue weighted by molar-refractivity contribution is 8.23. The van der Waals surface area contributed by atoms with Crippen LogP contribution in [0.2, 0.25) is 5.02 Å². The fourth-order valence-electron chi connectivity index (χ4n) is 2.03. The lowest BCUT2D eigenvalue weighted by Gasteiger charge is -2.09. The van der Waals surface area contributed by atoms with Crippen LogP contribution >= 0.6 is 35.6 Å². The lowest BCUT2D eigenvalue weighted by Crippen LogP contribution is -2.22. The molecule has 1 aromatic carbocycles. The van der Waals surface area contributed by atoms with Crippen molar-refractivity contribution in [1.82, 2.24) is 5.01 Å². The van der Waals surface area contributed by atoms with E-state index in [1.165, 1.54) is 30.1 Å². The zero-order valence-electron chi connectivity index (χ0n) is 12.2. The van der Waals surface area contributed by atoms with Crippen molar-refractivity contribution in [2.45, 2.75) is 6.18 Å². The molecule has 1 aliphatic rings. The van der Waals surface area contributed by atoms with Gasteiger partial charge in [0.05, 0.1) is 22.6 Å². The van der Waals surface area contributed by atoms with Crippen molar-refractivity contribution in [1.29, 1.82) is 0 Å². The summed E-state index contributed by atoms with van der Waals surface area (Å²) < 4.78 is 44.3. The van der Waals surface area contributed by atoms with E-state index in [1.54, 1.807) is 0 Å². The number of carbonyl (C=O) groups is 1. The van der Waals surface area contributed by atoms with Crippen molar-refractivity contribution in [3.8, 4) is 11.3 Å². The number of carbonyl (C=O) groups excluding carboxylic acids is 1. The Morgan fingerprint density at radius 2 is 2.08 bits per heavy atom. The fraction of sp³-hybridized carbons (Fsp3) is 0.133. The number of benzene rings is 1. The molecule has 0 saturated carbocycles. The highest BCUT2D eigenvalue weighted by atomic mass is 35.5. The van der Waals surface area contributed by atoms with Crippen LogP contribution < -0.4 is 0 Å². The van der Waals surface area contributed by atoms with Crippen LogP contribution in [0.3, 0.4) is 0 Å². The van der Waals surface area contributed by atoms with E-state index >= 15 is 0 Å². The van der Waals surface area contributed by atoms with Crippen LogP contribution in [-0.4, -0.2) is 27.2 Å². The first-order valence-corrected chi connectivity index (χ1v) is 8.53. The lowest BCUT2D eigenvalue weighted by atomic mass is 10.1. The molecule has 1 amide bonds. The van der Waals surface area contributed by atoms with E-state index in [1.807, 2.05) is 0 Å². The fourth-order valence-corrected chi connectivity index (χ4v) is 3.21. The van der Waals surface area contributed by atoms with Crippen LogP contribution in [0.1, 0.15) is 11.3 Å². The van der Waals surface area contributed by atoms with Crippen molar-refractivity contribution in [2.24, 2.45) is 5.10 Å². The second-order valence-electron chi connectivity index (χ2n) is 4.90. The number of amides is 1. The van der Waals surface area contributed by atoms with Crippen molar-refractivity contribution in [3.05, 3.63) is 46.7 Å². The van der Waals surface area contributed by atoms with Crippen LogP contribution in [0.4, 0.5) is 13.2 Å². The van der Waals surface area contributed by atoms with Crippen LogP contribution in [0.15, 0.2) is 39.9 Å². The maximum atomic E-state index is 12.8. The second kappa shape index (κ2) is 6.81. The van der Waals surface area contributed by atoms with Crippen LogP contribution in [0.5, 0.6) is 0 Å². The largest absolute Gasteiger partial charge is 0.455 e. The Morgan fingerprint density at radius 1 is 1.32 bits per heavy atom. The molecule has 2 aromatic rings. The van der Waals surface area contributed by atoms with Gasteiger partial charge in [-0.05, 0) is 30.3 Å². The summed E-state index contributed by atoms with van der Waals surface area (Å²) in [6.07, 6.45) is -3.22. The molecule has 0 bridgehead atoms. The van der Waals surface area contributed by atoms with Crippen LogP contribution in [0.25, 0.3) is 11.3 Å². The number of hydrogen-bond donors (Lipinski definition) is 0. The molecule has 10 heteroatoms. The molecule has 0 aliphatic carbocycles. The summed E-state index contributed by atoms with van der Waals surface area (Å²) in [5.74, 6) is 0.372. The summed E-state index contributed by atoms with van der Waals surface area (Å²) in [7, 11) is 0. The van der Waals surface area contributed by atoms with E-state index in [0.717, 1.165) is 23.2 Å². The highest BCUT2D eigenvalue weighted by Gasteiger charge is 2.31. The summed E-state index contributed by atoms with van der Waals surface area (Å²) in [6, 6.07) is 5.95. The van der Waals surface area contributed by atoms with Gasteiger partial charge in [0.15, 0.2) is 4.32 Å². The Kier molecular flexibility index (Phi) is 4.90. The van der Waals surface area contributed by atoms with E-state index in [0.29, 0.717) is 4.32 Å². The van der Waals surface area contributed by atoms with Gasteiger partial charge >= 0.3 is 6.18 Å². The van der Waals surface area contributed by atoms with Gasteiger partial charge in [0.25, 0.3) is 5.91 Å². The molecule has 0 spiro atoms. The zero-order chi connectivity index (χ0) is 18.2. The maximum absolute atomic E-state index is 12.8. The van der Waals surface area contributed by atoms with Gasteiger partial charge in [-0.1, -0.05) is 35.6 Å². The standard InChI is InChI=1S/C15H8ClF3N2O2S2/c16-11-3-1-8(15(17,18)19)5-10(11)12-4-2-9(23-12)6-20-21-13(22)7-25-14(21)24/h1-6H,7H2. The van der Waals surface area contributed by atoms with Gasteiger partial charge in [0, 0.05) is 5.56 Å². The second-order valence-corrected chi connectivity index (χ2v) is 6.92. The minimum absolute atomic E-state index is 0.111. The number of hydrazone groups is 1. The number of thiocarbonyl (C=S) groups is 1. The molecule has 0 N–H and O–H groups in total. The Labute approximate surface area is 154 Å². The molecule has 0 atom stereocenters. The van der Waals surface area contributed by atoms with E-state index in [-0.39, 0.29) is 33.8 Å². The average Bonchev–Trinajstić information content (AvgIpc) is 3.12.